The van der Waals surface area contributed by atoms with E-state index in [1.54, 1.807) is 12.5 Å². The molecule has 0 aliphatic heterocycles. The van der Waals surface area contributed by atoms with Gasteiger partial charge in [-0.05, 0) is 40.9 Å². The fraction of sp³-hybridized carbons (Fsp3) is 0.417. The Morgan fingerprint density at radius 1 is 1.33 bits per heavy atom. The lowest BCUT2D eigenvalue weighted by Crippen LogP contribution is -2.16. The molecule has 2 heterocycles. The number of nitrogens with one attached hydrogen (secondary N) is 1. The van der Waals surface area contributed by atoms with Gasteiger partial charge in [-0.15, -0.1) is 0 Å². The van der Waals surface area contributed by atoms with E-state index in [9.17, 15) is 0 Å². The topological polar surface area (TPSA) is 55.6 Å². The number of pyridine rings is 1. The zero-order valence-corrected chi connectivity index (χ0v) is 11.5. The highest BCUT2D eigenvalue weighted by atomic mass is 79.9. The van der Waals surface area contributed by atoms with Crippen LogP contribution in [0, 0.1) is 0 Å². The van der Waals surface area contributed by atoms with Crippen molar-refractivity contribution >= 4 is 15.9 Å². The summed E-state index contributed by atoms with van der Waals surface area (Å²) in [5.41, 5.74) is 0.977. The predicted molar refractivity (Wildman–Crippen MR) is 70.9 cm³/mol. The van der Waals surface area contributed by atoms with Crippen molar-refractivity contribution in [1.29, 1.82) is 0 Å². The molecule has 3 rings (SSSR count). The molecule has 0 amide bonds. The van der Waals surface area contributed by atoms with Crippen molar-refractivity contribution in [3.05, 3.63) is 40.6 Å². The molecule has 1 N–H and O–H groups in total. The van der Waals surface area contributed by atoms with Crippen LogP contribution >= 0.6 is 15.9 Å². The average Bonchev–Trinajstić information content (AvgIpc) is 3.10. The summed E-state index contributed by atoms with van der Waals surface area (Å²) in [5.74, 6) is 0.846. The minimum absolute atomic E-state index is 0.656. The van der Waals surface area contributed by atoms with Crippen LogP contribution in [-0.2, 0) is 13.1 Å². The molecule has 0 aromatic carbocycles. The second-order valence-electron chi connectivity index (χ2n) is 4.48. The van der Waals surface area contributed by atoms with Crippen LogP contribution in [0.5, 0.6) is 0 Å². The Kier molecular flexibility index (Phi) is 3.38. The maximum atomic E-state index is 4.42. The Bertz CT molecular complexity index is 518. The summed E-state index contributed by atoms with van der Waals surface area (Å²) < 4.78 is 2.80. The van der Waals surface area contributed by atoms with E-state index >= 15 is 0 Å². The first-order chi connectivity index (χ1) is 8.79. The summed E-state index contributed by atoms with van der Waals surface area (Å²) in [7, 11) is 0. The molecule has 0 bridgehead atoms. The molecule has 1 fully saturated rings. The molecule has 0 radical (unpaired) electrons. The third kappa shape index (κ3) is 3.14. The molecule has 0 atom stereocenters. The molecule has 5 nitrogen and oxygen atoms in total. The van der Waals surface area contributed by atoms with Crippen LogP contribution < -0.4 is 5.32 Å². The van der Waals surface area contributed by atoms with Crippen LogP contribution in [0.3, 0.4) is 0 Å². The van der Waals surface area contributed by atoms with Gasteiger partial charge in [0.1, 0.15) is 6.33 Å². The van der Waals surface area contributed by atoms with E-state index in [1.807, 2.05) is 16.8 Å². The Morgan fingerprint density at radius 2 is 2.22 bits per heavy atom. The van der Waals surface area contributed by atoms with Crippen LogP contribution in [0.25, 0.3) is 0 Å². The van der Waals surface area contributed by atoms with Gasteiger partial charge in [-0.25, -0.2) is 9.67 Å². The van der Waals surface area contributed by atoms with Gasteiger partial charge in [-0.3, -0.25) is 4.98 Å². The number of hydrogen-bond donors (Lipinski definition) is 1. The fourth-order valence-corrected chi connectivity index (χ4v) is 1.91. The summed E-state index contributed by atoms with van der Waals surface area (Å²) in [5, 5.41) is 7.82. The molecule has 1 saturated carbocycles. The Morgan fingerprint density at radius 3 is 2.94 bits per heavy atom. The van der Waals surface area contributed by atoms with Gasteiger partial charge in [-0.1, -0.05) is 0 Å². The van der Waals surface area contributed by atoms with Crippen LogP contribution in [0.15, 0.2) is 29.1 Å². The summed E-state index contributed by atoms with van der Waals surface area (Å²) >= 11 is 3.37. The number of halogens is 1. The van der Waals surface area contributed by atoms with E-state index in [4.69, 9.17) is 0 Å². The monoisotopic (exact) mass is 307 g/mol. The molecule has 1 aliphatic carbocycles. The lowest BCUT2D eigenvalue weighted by Gasteiger charge is -2.00. The first-order valence-corrected chi connectivity index (χ1v) is 6.81. The maximum Gasteiger partial charge on any atom is 0.164 e. The third-order valence-corrected chi connectivity index (χ3v) is 3.29. The van der Waals surface area contributed by atoms with Gasteiger partial charge in [-0.2, -0.15) is 5.10 Å². The van der Waals surface area contributed by atoms with Crippen molar-refractivity contribution in [2.24, 2.45) is 0 Å². The van der Waals surface area contributed by atoms with Crippen molar-refractivity contribution in [1.82, 2.24) is 25.1 Å². The zero-order valence-electron chi connectivity index (χ0n) is 9.88. The summed E-state index contributed by atoms with van der Waals surface area (Å²) in [6, 6.07) is 4.65. The highest BCUT2D eigenvalue weighted by Crippen LogP contribution is 2.18. The molecular formula is C12H14BrN5. The molecule has 2 aromatic heterocycles. The van der Waals surface area contributed by atoms with Gasteiger partial charge in [0, 0.05) is 16.7 Å². The summed E-state index contributed by atoms with van der Waals surface area (Å²) in [4.78, 5) is 8.60. The largest absolute Gasteiger partial charge is 0.307 e. The minimum Gasteiger partial charge on any atom is -0.307 e. The lowest BCUT2D eigenvalue weighted by atomic mass is 10.3. The van der Waals surface area contributed by atoms with Crippen LogP contribution in [0.4, 0.5) is 0 Å². The number of aromatic nitrogens is 4. The van der Waals surface area contributed by atoms with Gasteiger partial charge < -0.3 is 5.32 Å². The van der Waals surface area contributed by atoms with E-state index in [-0.39, 0.29) is 0 Å². The van der Waals surface area contributed by atoms with Gasteiger partial charge >= 0.3 is 0 Å². The summed E-state index contributed by atoms with van der Waals surface area (Å²) in [6.07, 6.45) is 6.11. The molecule has 2 aromatic rings. The number of hydrogen-bond acceptors (Lipinski definition) is 4. The third-order valence-electron chi connectivity index (χ3n) is 2.82. The van der Waals surface area contributed by atoms with Crippen LogP contribution in [0.2, 0.25) is 0 Å². The minimum atomic E-state index is 0.656. The standard InChI is InChI=1S/C12H14BrN5/c13-9-1-2-11(14-5-9)7-18-8-16-12(17-18)6-15-10-3-4-10/h1-2,5,8,10,15H,3-4,6-7H2. The molecule has 6 heteroatoms. The maximum absolute atomic E-state index is 4.42. The van der Waals surface area contributed by atoms with Crippen LogP contribution in [0.1, 0.15) is 24.4 Å². The van der Waals surface area contributed by atoms with Crippen molar-refractivity contribution in [2.75, 3.05) is 0 Å². The van der Waals surface area contributed by atoms with Crippen molar-refractivity contribution in [3.63, 3.8) is 0 Å². The van der Waals surface area contributed by atoms with E-state index in [0.29, 0.717) is 12.6 Å². The van der Waals surface area contributed by atoms with E-state index in [1.165, 1.54) is 12.8 Å². The number of nitrogens with zero attached hydrogens (tertiary/aromatic N) is 4. The highest BCUT2D eigenvalue weighted by Gasteiger charge is 2.20. The van der Waals surface area contributed by atoms with E-state index in [0.717, 1.165) is 22.5 Å². The van der Waals surface area contributed by atoms with Gasteiger partial charge in [0.15, 0.2) is 5.82 Å². The SMILES string of the molecule is Brc1ccc(Cn2cnc(CNC3CC3)n2)nc1. The van der Waals surface area contributed by atoms with E-state index < -0.39 is 0 Å². The molecule has 0 spiro atoms. The van der Waals surface area contributed by atoms with E-state index in [2.05, 4.69) is 36.3 Å². The molecule has 94 valence electrons. The van der Waals surface area contributed by atoms with Gasteiger partial charge in [0.2, 0.25) is 0 Å². The summed E-state index contributed by atoms with van der Waals surface area (Å²) in [6.45, 7) is 1.41. The predicted octanol–water partition coefficient (Wildman–Crippen LogP) is 1.74. The van der Waals surface area contributed by atoms with Crippen molar-refractivity contribution in [2.45, 2.75) is 32.0 Å². The Balaban J connectivity index is 1.60. The van der Waals surface area contributed by atoms with Gasteiger partial charge in [0.05, 0.1) is 18.8 Å². The van der Waals surface area contributed by atoms with Crippen molar-refractivity contribution in [3.8, 4) is 0 Å². The molecule has 0 unspecified atom stereocenters. The second kappa shape index (κ2) is 5.16. The normalized spacial score (nSPS) is 14.9. The quantitative estimate of drug-likeness (QED) is 0.914. The first kappa shape index (κ1) is 11.8. The van der Waals surface area contributed by atoms with Crippen LogP contribution in [-0.4, -0.2) is 25.8 Å². The Hall–Kier alpha value is -1.27. The fourth-order valence-electron chi connectivity index (χ4n) is 1.68. The lowest BCUT2D eigenvalue weighted by molar-refractivity contribution is 0.623. The smallest absolute Gasteiger partial charge is 0.164 e. The average molecular weight is 308 g/mol. The highest BCUT2D eigenvalue weighted by molar-refractivity contribution is 9.10. The molecule has 18 heavy (non-hydrogen) atoms. The molecule has 0 saturated heterocycles. The number of rotatable bonds is 5. The first-order valence-electron chi connectivity index (χ1n) is 6.02. The molecule has 1 aliphatic rings. The molecular weight excluding hydrogens is 294 g/mol. The zero-order chi connectivity index (χ0) is 12.4. The van der Waals surface area contributed by atoms with Crippen molar-refractivity contribution < 1.29 is 0 Å². The second-order valence-corrected chi connectivity index (χ2v) is 5.40. The van der Waals surface area contributed by atoms with Gasteiger partial charge in [0.25, 0.3) is 0 Å². The Labute approximate surface area is 114 Å².